The van der Waals surface area contributed by atoms with Crippen LogP contribution in [0.3, 0.4) is 0 Å². The number of hydrogen-bond donors (Lipinski definition) is 2. The number of nitrogens with one attached hydrogen (secondary N) is 1. The van der Waals surface area contributed by atoms with E-state index in [0.29, 0.717) is 23.9 Å². The van der Waals surface area contributed by atoms with Crippen molar-refractivity contribution in [3.05, 3.63) is 85.1 Å². The summed E-state index contributed by atoms with van der Waals surface area (Å²) in [6.07, 6.45) is 77.1. The molecule has 0 aliphatic heterocycles. The monoisotopic (exact) mass is 1130 g/mol. The summed E-state index contributed by atoms with van der Waals surface area (Å²) in [5.74, 6) is -0.528. The highest BCUT2D eigenvalue weighted by Crippen LogP contribution is 2.43. The second kappa shape index (κ2) is 58.4. The lowest BCUT2D eigenvalue weighted by Gasteiger charge is -2.27. The maximum atomic E-state index is 13.6. The standard InChI is InChI=1S/C69H125N2O7P/c1-7-10-13-16-19-22-25-28-30-32-34-35-37-39-41-44-47-50-53-56-59-62-69(73)78-67(60-57-54-51-48-45-42-27-24-21-18-15-12-9-3)66(65-77-79(74,75)76-64-63-71(4,5)6)70-68(72)61-58-55-52-49-46-43-40-38-36-33-31-29-26-23-20-17-14-11-8-2/h19-20,22-23,28-31,34-35,39,41,57,60,66-67H,7-18,21,24-27,32-33,36-38,40,42-56,58-59,61-65H2,1-6H3,(H-,70,72,74,75)/p+1/b22-19-,23-20-,30-28-,31-29-,35-34-,41-39-,60-57+. The van der Waals surface area contributed by atoms with E-state index in [4.69, 9.17) is 13.8 Å². The number of unbranched alkanes of at least 4 members (excludes halogenated alkanes) is 31. The molecule has 0 bridgehead atoms. The Morgan fingerprint density at radius 3 is 1.18 bits per heavy atom. The molecule has 3 unspecified atom stereocenters. The molecule has 0 aliphatic carbocycles. The Kier molecular flexibility index (Phi) is 56.3. The van der Waals surface area contributed by atoms with E-state index in [1.807, 2.05) is 33.3 Å². The molecule has 0 aliphatic rings. The molecule has 0 spiro atoms. The van der Waals surface area contributed by atoms with Gasteiger partial charge in [-0.15, -0.1) is 0 Å². The lowest BCUT2D eigenvalue weighted by molar-refractivity contribution is -0.870. The summed E-state index contributed by atoms with van der Waals surface area (Å²) in [7, 11) is 1.48. The highest BCUT2D eigenvalue weighted by Gasteiger charge is 2.30. The van der Waals surface area contributed by atoms with E-state index in [9.17, 15) is 19.0 Å². The molecule has 0 aromatic rings. The Balaban J connectivity index is 5.28. The van der Waals surface area contributed by atoms with Crippen LogP contribution in [0.25, 0.3) is 0 Å². The molecular formula is C69H126N2O7P+. The average molecular weight is 1130 g/mol. The molecule has 458 valence electrons. The zero-order valence-corrected chi connectivity index (χ0v) is 53.2. The van der Waals surface area contributed by atoms with Crippen LogP contribution in [0.4, 0.5) is 0 Å². The molecule has 0 rings (SSSR count). The topological polar surface area (TPSA) is 111 Å². The number of phosphoric ester groups is 1. The second-order valence-corrected chi connectivity index (χ2v) is 24.7. The van der Waals surface area contributed by atoms with E-state index < -0.39 is 20.0 Å². The fraction of sp³-hybridized carbons (Fsp3) is 0.768. The maximum Gasteiger partial charge on any atom is 0.472 e. The van der Waals surface area contributed by atoms with Gasteiger partial charge in [0.25, 0.3) is 0 Å². The zero-order chi connectivity index (χ0) is 57.9. The number of likely N-dealkylation sites (N-methyl/N-ethyl adjacent to an activating group) is 1. The van der Waals surface area contributed by atoms with Crippen molar-refractivity contribution < 1.29 is 37.3 Å². The van der Waals surface area contributed by atoms with Gasteiger partial charge in [-0.25, -0.2) is 4.57 Å². The van der Waals surface area contributed by atoms with Crippen LogP contribution >= 0.6 is 7.82 Å². The highest BCUT2D eigenvalue weighted by atomic mass is 31.2. The third-order valence-electron chi connectivity index (χ3n) is 14.3. The van der Waals surface area contributed by atoms with Gasteiger partial charge in [-0.3, -0.25) is 18.6 Å². The van der Waals surface area contributed by atoms with Crippen LogP contribution in [-0.2, 0) is 27.9 Å². The largest absolute Gasteiger partial charge is 0.472 e. The predicted molar refractivity (Wildman–Crippen MR) is 341 cm³/mol. The van der Waals surface area contributed by atoms with Gasteiger partial charge < -0.3 is 19.4 Å². The van der Waals surface area contributed by atoms with Crippen LogP contribution in [0.2, 0.25) is 0 Å². The predicted octanol–water partition coefficient (Wildman–Crippen LogP) is 20.6. The summed E-state index contributed by atoms with van der Waals surface area (Å²) < 4.78 is 30.8. The van der Waals surface area contributed by atoms with E-state index in [1.165, 1.54) is 141 Å². The molecule has 3 atom stereocenters. The number of esters is 1. The fourth-order valence-electron chi connectivity index (χ4n) is 9.19. The molecule has 9 nitrogen and oxygen atoms in total. The van der Waals surface area contributed by atoms with Gasteiger partial charge >= 0.3 is 13.8 Å². The Morgan fingerprint density at radius 2 is 0.772 bits per heavy atom. The van der Waals surface area contributed by atoms with Gasteiger partial charge in [-0.05, 0) is 109 Å². The Labute approximate surface area is 488 Å². The van der Waals surface area contributed by atoms with Crippen LogP contribution in [0.15, 0.2) is 85.1 Å². The summed E-state index contributed by atoms with van der Waals surface area (Å²) in [6, 6.07) is -0.863. The number of nitrogens with zero attached hydrogens (tertiary/aromatic N) is 1. The SMILES string of the molecule is CCCCC/C=C\C/C=C\C/C=C\C/C=C\CCCCCCCC(=O)OC(/C=C/CCCCCCCCCCCCC)C(COP(=O)(O)OCC[N+](C)(C)C)NC(=O)CCCCCCCCCCC/C=C\C/C=C\CCCCC. The Bertz CT molecular complexity index is 1630. The highest BCUT2D eigenvalue weighted by molar-refractivity contribution is 7.47. The summed E-state index contributed by atoms with van der Waals surface area (Å²) in [6.45, 7) is 6.96. The fourth-order valence-corrected chi connectivity index (χ4v) is 9.93. The van der Waals surface area contributed by atoms with Crippen molar-refractivity contribution in [3.63, 3.8) is 0 Å². The lowest BCUT2D eigenvalue weighted by Crippen LogP contribution is -2.47. The molecule has 0 saturated heterocycles. The van der Waals surface area contributed by atoms with Crippen molar-refractivity contribution in [2.45, 2.75) is 303 Å². The number of rotatable bonds is 59. The van der Waals surface area contributed by atoms with Crippen LogP contribution < -0.4 is 5.32 Å². The van der Waals surface area contributed by atoms with Gasteiger partial charge in [0.1, 0.15) is 19.3 Å². The number of phosphoric acid groups is 1. The smallest absolute Gasteiger partial charge is 0.456 e. The molecule has 79 heavy (non-hydrogen) atoms. The first-order valence-electron chi connectivity index (χ1n) is 32.9. The minimum atomic E-state index is -4.46. The van der Waals surface area contributed by atoms with Crippen LogP contribution in [0, 0.1) is 0 Å². The third kappa shape index (κ3) is 59.6. The number of hydrogen-bond acceptors (Lipinski definition) is 6. The molecule has 0 aromatic carbocycles. The first-order valence-corrected chi connectivity index (χ1v) is 34.4. The van der Waals surface area contributed by atoms with Crippen LogP contribution in [0.1, 0.15) is 290 Å². The molecule has 2 N–H and O–H groups in total. The van der Waals surface area contributed by atoms with Gasteiger partial charge in [0.05, 0.1) is 33.8 Å². The zero-order valence-electron chi connectivity index (χ0n) is 52.3. The molecule has 0 heterocycles. The quantitative estimate of drug-likeness (QED) is 0.0205. The minimum Gasteiger partial charge on any atom is -0.456 e. The number of quaternary nitrogens is 1. The van der Waals surface area contributed by atoms with Crippen molar-refractivity contribution in [1.82, 2.24) is 5.32 Å². The first kappa shape index (κ1) is 76.2. The normalized spacial score (nSPS) is 14.2. The van der Waals surface area contributed by atoms with Crippen LogP contribution in [-0.4, -0.2) is 74.3 Å². The van der Waals surface area contributed by atoms with Gasteiger partial charge in [0, 0.05) is 12.8 Å². The van der Waals surface area contributed by atoms with E-state index in [0.717, 1.165) is 109 Å². The van der Waals surface area contributed by atoms with Crippen molar-refractivity contribution in [1.29, 1.82) is 0 Å². The third-order valence-corrected chi connectivity index (χ3v) is 15.3. The number of carbonyl (C=O) groups excluding carboxylic acids is 2. The van der Waals surface area contributed by atoms with Crippen molar-refractivity contribution in [3.8, 4) is 0 Å². The Morgan fingerprint density at radius 1 is 0.443 bits per heavy atom. The molecule has 1 amide bonds. The number of ether oxygens (including phenoxy) is 1. The molecule has 0 fully saturated rings. The summed E-state index contributed by atoms with van der Waals surface area (Å²) in [5, 5.41) is 3.06. The maximum absolute atomic E-state index is 13.6. The molecular weight excluding hydrogens is 1000 g/mol. The van der Waals surface area contributed by atoms with E-state index >= 15 is 0 Å². The number of carbonyl (C=O) groups is 2. The first-order chi connectivity index (χ1) is 38.4. The number of amides is 1. The Hall–Kier alpha value is -2.81. The molecule has 0 radical (unpaired) electrons. The van der Waals surface area contributed by atoms with Gasteiger partial charge in [0.2, 0.25) is 5.91 Å². The lowest BCUT2D eigenvalue weighted by atomic mass is 10.0. The molecule has 0 aromatic heterocycles. The minimum absolute atomic E-state index is 0.0330. The number of allylic oxidation sites excluding steroid dienone is 13. The summed E-state index contributed by atoms with van der Waals surface area (Å²) >= 11 is 0. The van der Waals surface area contributed by atoms with Crippen LogP contribution in [0.5, 0.6) is 0 Å². The van der Waals surface area contributed by atoms with E-state index in [1.54, 1.807) is 0 Å². The van der Waals surface area contributed by atoms with Gasteiger partial charge in [-0.2, -0.15) is 0 Å². The molecule has 0 saturated carbocycles. The second-order valence-electron chi connectivity index (χ2n) is 23.3. The van der Waals surface area contributed by atoms with Crippen molar-refractivity contribution in [2.24, 2.45) is 0 Å². The van der Waals surface area contributed by atoms with Gasteiger partial charge in [0.15, 0.2) is 0 Å². The van der Waals surface area contributed by atoms with E-state index in [-0.39, 0.29) is 31.5 Å². The summed E-state index contributed by atoms with van der Waals surface area (Å²) in [5.41, 5.74) is 0. The van der Waals surface area contributed by atoms with Crippen molar-refractivity contribution in [2.75, 3.05) is 40.9 Å². The average Bonchev–Trinajstić information content (AvgIpc) is 3.41. The van der Waals surface area contributed by atoms with Crippen molar-refractivity contribution >= 4 is 19.7 Å². The molecule has 10 heteroatoms. The summed E-state index contributed by atoms with van der Waals surface area (Å²) in [4.78, 5) is 37.8. The van der Waals surface area contributed by atoms with E-state index in [2.05, 4.69) is 99.0 Å². The van der Waals surface area contributed by atoms with Gasteiger partial charge in [-0.1, -0.05) is 254 Å².